The van der Waals surface area contributed by atoms with Crippen molar-refractivity contribution in [3.8, 4) is 0 Å². The molecule has 0 unspecified atom stereocenters. The zero-order chi connectivity index (χ0) is 23.3. The molecule has 0 saturated carbocycles. The summed E-state index contributed by atoms with van der Waals surface area (Å²) in [7, 11) is -3.64. The summed E-state index contributed by atoms with van der Waals surface area (Å²) in [5, 5.41) is 2.94. The average molecular weight is 458 g/mol. The van der Waals surface area contributed by atoms with Crippen LogP contribution in [-0.2, 0) is 27.9 Å². The van der Waals surface area contributed by atoms with E-state index in [9.17, 15) is 13.2 Å². The van der Waals surface area contributed by atoms with Gasteiger partial charge in [0.05, 0.1) is 11.9 Å². The van der Waals surface area contributed by atoms with Crippen molar-refractivity contribution in [2.24, 2.45) is 0 Å². The Labute approximate surface area is 192 Å². The number of aryl methyl sites for hydroxylation is 2. The molecule has 1 fully saturated rings. The predicted octanol–water partition coefficient (Wildman–Crippen LogP) is 3.76. The zero-order valence-electron chi connectivity index (χ0n) is 19.6. The Morgan fingerprint density at radius 2 is 1.59 bits per heavy atom. The molecule has 1 aliphatic heterocycles. The summed E-state index contributed by atoms with van der Waals surface area (Å²) in [6, 6.07) is 13.1. The Balaban J connectivity index is 1.69. The first-order valence-corrected chi connectivity index (χ1v) is 13.2. The molecule has 1 saturated heterocycles. The second-order valence-corrected chi connectivity index (χ2v) is 10.7. The third-order valence-electron chi connectivity index (χ3n) is 5.89. The van der Waals surface area contributed by atoms with E-state index in [1.165, 1.54) is 22.7 Å². The number of amides is 1. The SMILES string of the molecule is CC[C@H](C(=O)NCc1ccc(CN2CCCC2)cc1)N(c1cc(C)cc(C)c1)S(C)(=O)=O. The molecule has 0 aliphatic carbocycles. The highest BCUT2D eigenvalue weighted by molar-refractivity contribution is 7.92. The van der Waals surface area contributed by atoms with E-state index in [0.717, 1.165) is 42.6 Å². The van der Waals surface area contributed by atoms with E-state index in [-0.39, 0.29) is 5.91 Å². The highest BCUT2D eigenvalue weighted by Crippen LogP contribution is 2.25. The Morgan fingerprint density at radius 3 is 2.12 bits per heavy atom. The number of hydrogen-bond donors (Lipinski definition) is 1. The Hall–Kier alpha value is -2.38. The van der Waals surface area contributed by atoms with E-state index >= 15 is 0 Å². The van der Waals surface area contributed by atoms with Crippen molar-refractivity contribution in [2.75, 3.05) is 23.7 Å². The lowest BCUT2D eigenvalue weighted by Crippen LogP contribution is -2.49. The summed E-state index contributed by atoms with van der Waals surface area (Å²) < 4.78 is 26.6. The molecule has 1 atom stereocenters. The molecule has 6 nitrogen and oxygen atoms in total. The first-order chi connectivity index (χ1) is 15.2. The minimum absolute atomic E-state index is 0.293. The molecule has 1 heterocycles. The van der Waals surface area contributed by atoms with Crippen LogP contribution in [0.4, 0.5) is 5.69 Å². The van der Waals surface area contributed by atoms with Crippen LogP contribution in [-0.4, -0.2) is 44.6 Å². The van der Waals surface area contributed by atoms with Crippen LogP contribution in [0.1, 0.15) is 48.4 Å². The van der Waals surface area contributed by atoms with Crippen molar-refractivity contribution in [1.29, 1.82) is 0 Å². The number of carbonyl (C=O) groups excluding carboxylic acids is 1. The van der Waals surface area contributed by atoms with Crippen LogP contribution in [0.5, 0.6) is 0 Å². The summed E-state index contributed by atoms with van der Waals surface area (Å²) in [5.74, 6) is -0.293. The molecular weight excluding hydrogens is 422 g/mol. The Morgan fingerprint density at radius 1 is 1.03 bits per heavy atom. The number of anilines is 1. The summed E-state index contributed by atoms with van der Waals surface area (Å²) in [6.45, 7) is 9.32. The highest BCUT2D eigenvalue weighted by Gasteiger charge is 2.31. The molecule has 1 amide bonds. The molecule has 32 heavy (non-hydrogen) atoms. The first-order valence-electron chi connectivity index (χ1n) is 11.3. The van der Waals surface area contributed by atoms with Crippen LogP contribution in [0.3, 0.4) is 0 Å². The number of benzene rings is 2. The minimum Gasteiger partial charge on any atom is -0.350 e. The summed E-state index contributed by atoms with van der Waals surface area (Å²) in [6.07, 6.45) is 4.07. The van der Waals surface area contributed by atoms with Crippen LogP contribution in [0.15, 0.2) is 42.5 Å². The highest BCUT2D eigenvalue weighted by atomic mass is 32.2. The number of nitrogens with one attached hydrogen (secondary N) is 1. The summed E-state index contributed by atoms with van der Waals surface area (Å²) in [4.78, 5) is 15.5. The summed E-state index contributed by atoms with van der Waals surface area (Å²) >= 11 is 0. The maximum Gasteiger partial charge on any atom is 0.244 e. The van der Waals surface area contributed by atoms with E-state index in [2.05, 4.69) is 22.3 Å². The number of carbonyl (C=O) groups is 1. The molecule has 0 aromatic heterocycles. The van der Waals surface area contributed by atoms with Gasteiger partial charge in [0.2, 0.25) is 15.9 Å². The summed E-state index contributed by atoms with van der Waals surface area (Å²) in [5.41, 5.74) is 4.70. The van der Waals surface area contributed by atoms with Crippen LogP contribution in [0.25, 0.3) is 0 Å². The van der Waals surface area contributed by atoms with E-state index in [1.807, 2.05) is 51.1 Å². The van der Waals surface area contributed by atoms with Gasteiger partial charge in [0.15, 0.2) is 0 Å². The van der Waals surface area contributed by atoms with Crippen molar-refractivity contribution in [3.05, 3.63) is 64.7 Å². The molecule has 2 aromatic carbocycles. The fourth-order valence-electron chi connectivity index (χ4n) is 4.41. The zero-order valence-corrected chi connectivity index (χ0v) is 20.4. The van der Waals surface area contributed by atoms with Crippen molar-refractivity contribution >= 4 is 21.6 Å². The van der Waals surface area contributed by atoms with Gasteiger partial charge >= 0.3 is 0 Å². The van der Waals surface area contributed by atoms with Crippen LogP contribution < -0.4 is 9.62 Å². The lowest BCUT2D eigenvalue weighted by molar-refractivity contribution is -0.122. The van der Waals surface area contributed by atoms with Crippen molar-refractivity contribution in [1.82, 2.24) is 10.2 Å². The van der Waals surface area contributed by atoms with Crippen molar-refractivity contribution in [2.45, 2.75) is 59.2 Å². The second kappa shape index (κ2) is 10.5. The molecule has 0 radical (unpaired) electrons. The maximum absolute atomic E-state index is 13.1. The number of hydrogen-bond acceptors (Lipinski definition) is 4. The number of rotatable bonds is 9. The van der Waals surface area contributed by atoms with E-state index < -0.39 is 16.1 Å². The standard InChI is InChI=1S/C25H35N3O3S/c1-5-24(28(32(4,30)31)23-15-19(2)14-20(3)16-23)25(29)26-17-21-8-10-22(11-9-21)18-27-12-6-7-13-27/h8-11,14-16,24H,5-7,12-13,17-18H2,1-4H3,(H,26,29)/t24-/m1/s1. The number of likely N-dealkylation sites (tertiary alicyclic amines) is 1. The number of nitrogens with zero attached hydrogens (tertiary/aromatic N) is 2. The maximum atomic E-state index is 13.1. The molecule has 0 spiro atoms. The molecule has 1 N–H and O–H groups in total. The third-order valence-corrected chi connectivity index (χ3v) is 7.07. The lowest BCUT2D eigenvalue weighted by atomic mass is 10.1. The van der Waals surface area contributed by atoms with Gasteiger partial charge in [-0.05, 0) is 80.6 Å². The molecule has 7 heteroatoms. The van der Waals surface area contributed by atoms with Gasteiger partial charge < -0.3 is 5.32 Å². The van der Waals surface area contributed by atoms with Gasteiger partial charge in [0, 0.05) is 13.1 Å². The Kier molecular flexibility index (Phi) is 7.96. The predicted molar refractivity (Wildman–Crippen MR) is 130 cm³/mol. The first kappa shape index (κ1) is 24.3. The molecular formula is C25H35N3O3S. The quantitative estimate of drug-likeness (QED) is 0.623. The smallest absolute Gasteiger partial charge is 0.244 e. The van der Waals surface area contributed by atoms with Crippen LogP contribution in [0.2, 0.25) is 0 Å². The van der Waals surface area contributed by atoms with Gasteiger partial charge in [-0.15, -0.1) is 0 Å². The van der Waals surface area contributed by atoms with Gasteiger partial charge in [-0.1, -0.05) is 37.3 Å². The molecule has 1 aliphatic rings. The fraction of sp³-hybridized carbons (Fsp3) is 0.480. The van der Waals surface area contributed by atoms with E-state index in [0.29, 0.717) is 18.7 Å². The van der Waals surface area contributed by atoms with E-state index in [1.54, 1.807) is 0 Å². The monoisotopic (exact) mass is 457 g/mol. The van der Waals surface area contributed by atoms with Crippen molar-refractivity contribution < 1.29 is 13.2 Å². The topological polar surface area (TPSA) is 69.7 Å². The molecule has 2 aromatic rings. The van der Waals surface area contributed by atoms with Gasteiger partial charge in [-0.3, -0.25) is 14.0 Å². The van der Waals surface area contributed by atoms with Gasteiger partial charge in [-0.25, -0.2) is 8.42 Å². The van der Waals surface area contributed by atoms with E-state index in [4.69, 9.17) is 0 Å². The second-order valence-electron chi connectivity index (χ2n) is 8.85. The van der Waals surface area contributed by atoms with Gasteiger partial charge in [0.1, 0.15) is 6.04 Å². The average Bonchev–Trinajstić information content (AvgIpc) is 3.22. The van der Waals surface area contributed by atoms with Gasteiger partial charge in [-0.2, -0.15) is 0 Å². The molecule has 0 bridgehead atoms. The van der Waals surface area contributed by atoms with Gasteiger partial charge in [0.25, 0.3) is 0 Å². The van der Waals surface area contributed by atoms with Crippen LogP contribution in [0, 0.1) is 13.8 Å². The van der Waals surface area contributed by atoms with Crippen molar-refractivity contribution in [3.63, 3.8) is 0 Å². The van der Waals surface area contributed by atoms with Crippen LogP contribution >= 0.6 is 0 Å². The third kappa shape index (κ3) is 6.33. The fourth-order valence-corrected chi connectivity index (χ4v) is 5.60. The Bertz CT molecular complexity index is 1010. The largest absolute Gasteiger partial charge is 0.350 e. The lowest BCUT2D eigenvalue weighted by Gasteiger charge is -2.30. The molecule has 174 valence electrons. The minimum atomic E-state index is -3.64. The molecule has 3 rings (SSSR count). The normalized spacial score (nSPS) is 15.5. The number of sulfonamides is 1.